The number of aryl methyl sites for hydroxylation is 4. The molecule has 1 amide bonds. The highest BCUT2D eigenvalue weighted by atomic mass is 16.6. The van der Waals surface area contributed by atoms with E-state index < -0.39 is 9.85 Å². The Labute approximate surface area is 194 Å². The predicted molar refractivity (Wildman–Crippen MR) is 119 cm³/mol. The van der Waals surface area contributed by atoms with Crippen molar-refractivity contribution in [1.82, 2.24) is 0 Å². The van der Waals surface area contributed by atoms with Gasteiger partial charge in [-0.05, 0) is 61.6 Å². The van der Waals surface area contributed by atoms with Crippen molar-refractivity contribution in [2.24, 2.45) is 0 Å². The summed E-state index contributed by atoms with van der Waals surface area (Å²) >= 11 is 0. The molecule has 0 saturated heterocycles. The first-order valence-electron chi connectivity index (χ1n) is 9.36. The molecule has 13 heteroatoms. The van der Waals surface area contributed by atoms with Crippen LogP contribution in [0.25, 0.3) is 0 Å². The van der Waals surface area contributed by atoms with Crippen LogP contribution in [0.2, 0.25) is 0 Å². The lowest BCUT2D eigenvalue weighted by Gasteiger charge is -2.06. The minimum absolute atomic E-state index is 0.00227. The number of rotatable bonds is 4. The molecule has 0 aliphatic rings. The van der Waals surface area contributed by atoms with Crippen LogP contribution >= 0.6 is 0 Å². The molecular weight excluding hydrogens is 452 g/mol. The van der Waals surface area contributed by atoms with Gasteiger partial charge in [0.25, 0.3) is 11.4 Å². The van der Waals surface area contributed by atoms with Crippen LogP contribution in [-0.4, -0.2) is 28.1 Å². The summed E-state index contributed by atoms with van der Waals surface area (Å²) in [5.74, 6) is -0.318. The van der Waals surface area contributed by atoms with E-state index in [4.69, 9.17) is 24.9 Å². The highest BCUT2D eigenvalue weighted by Gasteiger charge is 2.16. The van der Waals surface area contributed by atoms with Gasteiger partial charge in [0.2, 0.25) is 5.91 Å². The van der Waals surface area contributed by atoms with Gasteiger partial charge in [-0.25, -0.2) is 0 Å². The molecule has 2 rings (SSSR count). The second kappa shape index (κ2) is 16.0. The number of hydrogen-bond donors (Lipinski definition) is 2. The average Bonchev–Trinajstić information content (AvgIpc) is 2.71. The molecule has 3 N–H and O–H groups in total. The van der Waals surface area contributed by atoms with E-state index in [9.17, 15) is 25.0 Å². The van der Waals surface area contributed by atoms with Crippen molar-refractivity contribution >= 4 is 41.0 Å². The molecule has 0 radical (unpaired) electrons. The summed E-state index contributed by atoms with van der Waals surface area (Å²) in [6.45, 7) is 8.81. The smallest absolute Gasteiger partial charge is 0.373 e. The van der Waals surface area contributed by atoms with Crippen LogP contribution in [-0.2, 0) is 30.4 Å². The summed E-state index contributed by atoms with van der Waals surface area (Å²) in [5, 5.41) is 23.7. The highest BCUT2D eigenvalue weighted by molar-refractivity contribution is 5.91. The van der Waals surface area contributed by atoms with Crippen LogP contribution in [0.3, 0.4) is 0 Å². The largest absolute Gasteiger partial charge is 0.393 e. The van der Waals surface area contributed by atoms with Crippen molar-refractivity contribution in [3.8, 4) is 0 Å². The molecule has 182 valence electrons. The summed E-state index contributed by atoms with van der Waals surface area (Å²) in [7, 11) is 0. The molecule has 0 spiro atoms. The van der Waals surface area contributed by atoms with Crippen LogP contribution in [0.1, 0.15) is 36.1 Å². The predicted octanol–water partition coefficient (Wildman–Crippen LogP) is 3.05. The van der Waals surface area contributed by atoms with Gasteiger partial charge in [-0.1, -0.05) is 6.92 Å². The third kappa shape index (κ3) is 11.0. The normalized spacial score (nSPS) is 8.62. The standard InChI is InChI=1S/C10H12N2O3.C9H12N2O2.2CO2/c1-6-4-9(11-8(3)13)10(12(14)15)5-7(6)2;1-3-7-5-9(11(12)13)8(10)4-6(7)2;2*2-1-3/h4-5H,1-3H3,(H,11,13);4-5H,3,10H2,1-2H3;;. The molecule has 0 aliphatic heterocycles. The molecule has 13 nitrogen and oxygen atoms in total. The van der Waals surface area contributed by atoms with Crippen molar-refractivity contribution in [2.45, 2.75) is 41.0 Å². The second-order valence-electron chi connectivity index (χ2n) is 6.51. The summed E-state index contributed by atoms with van der Waals surface area (Å²) in [4.78, 5) is 63.6. The number of nitro groups is 2. The number of nitrogen functional groups attached to an aromatic ring is 1. The quantitative estimate of drug-likeness (QED) is 0.374. The topological polar surface area (TPSA) is 210 Å². The SMILES string of the molecule is CC(=O)Nc1cc(C)c(C)cc1[N+](=O)[O-].CCc1cc([N+](=O)[O-])c(N)cc1C.O=C=O.O=C=O. The third-order valence-electron chi connectivity index (χ3n) is 4.18. The molecule has 2 aromatic rings. The Balaban J connectivity index is 0. The van der Waals surface area contributed by atoms with Gasteiger partial charge < -0.3 is 11.1 Å². The van der Waals surface area contributed by atoms with Gasteiger partial charge in [-0.2, -0.15) is 19.2 Å². The average molecular weight is 476 g/mol. The molecule has 34 heavy (non-hydrogen) atoms. The zero-order valence-electron chi connectivity index (χ0n) is 19.2. The van der Waals surface area contributed by atoms with E-state index in [-0.39, 0.29) is 41.0 Å². The number of amides is 1. The first kappa shape index (κ1) is 31.5. The van der Waals surface area contributed by atoms with E-state index in [2.05, 4.69) is 5.32 Å². The summed E-state index contributed by atoms with van der Waals surface area (Å²) in [6, 6.07) is 6.26. The zero-order chi connectivity index (χ0) is 27.0. The van der Waals surface area contributed by atoms with Crippen LogP contribution in [0.4, 0.5) is 22.7 Å². The van der Waals surface area contributed by atoms with E-state index in [1.807, 2.05) is 20.8 Å². The molecular formula is C21H24N4O9. The lowest BCUT2D eigenvalue weighted by atomic mass is 10.0. The molecule has 0 unspecified atom stereocenters. The fourth-order valence-corrected chi connectivity index (χ4v) is 2.54. The van der Waals surface area contributed by atoms with Crippen LogP contribution in [0.5, 0.6) is 0 Å². The Kier molecular flexibility index (Phi) is 14.8. The van der Waals surface area contributed by atoms with Crippen molar-refractivity contribution in [2.75, 3.05) is 11.1 Å². The zero-order valence-corrected chi connectivity index (χ0v) is 19.2. The number of nitrogens with two attached hydrogens (primary N) is 1. The number of benzene rings is 2. The van der Waals surface area contributed by atoms with Crippen molar-refractivity contribution in [3.05, 3.63) is 66.7 Å². The molecule has 0 bridgehead atoms. The van der Waals surface area contributed by atoms with Crippen molar-refractivity contribution < 1.29 is 33.8 Å². The molecule has 0 heterocycles. The number of nitrogens with zero attached hydrogens (tertiary/aromatic N) is 2. The van der Waals surface area contributed by atoms with E-state index >= 15 is 0 Å². The fraction of sp³-hybridized carbons (Fsp3) is 0.286. The van der Waals surface area contributed by atoms with Crippen LogP contribution < -0.4 is 11.1 Å². The van der Waals surface area contributed by atoms with E-state index in [1.165, 1.54) is 13.0 Å². The van der Waals surface area contributed by atoms with Gasteiger partial charge >= 0.3 is 12.3 Å². The summed E-state index contributed by atoms with van der Waals surface area (Å²) < 4.78 is 0. The van der Waals surface area contributed by atoms with Crippen LogP contribution in [0, 0.1) is 41.0 Å². The first-order chi connectivity index (χ1) is 15.8. The molecule has 0 saturated carbocycles. The van der Waals surface area contributed by atoms with Gasteiger partial charge in [-0.3, -0.25) is 25.0 Å². The summed E-state index contributed by atoms with van der Waals surface area (Å²) in [6.07, 6.45) is 1.28. The molecule has 0 fully saturated rings. The lowest BCUT2D eigenvalue weighted by molar-refractivity contribution is -0.384. The Morgan fingerprint density at radius 3 is 1.71 bits per heavy atom. The van der Waals surface area contributed by atoms with Gasteiger partial charge in [0.05, 0.1) is 9.85 Å². The lowest BCUT2D eigenvalue weighted by Crippen LogP contribution is -2.08. The van der Waals surface area contributed by atoms with Gasteiger partial charge in [0.15, 0.2) is 0 Å². The maximum Gasteiger partial charge on any atom is 0.373 e. The van der Waals surface area contributed by atoms with Crippen molar-refractivity contribution in [1.29, 1.82) is 0 Å². The van der Waals surface area contributed by atoms with Crippen molar-refractivity contribution in [3.63, 3.8) is 0 Å². The monoisotopic (exact) mass is 476 g/mol. The molecule has 0 aromatic heterocycles. The fourth-order valence-electron chi connectivity index (χ4n) is 2.54. The molecule has 0 aliphatic carbocycles. The summed E-state index contributed by atoms with van der Waals surface area (Å²) in [5.41, 5.74) is 9.63. The first-order valence-corrected chi connectivity index (χ1v) is 9.36. The van der Waals surface area contributed by atoms with Gasteiger partial charge in [-0.15, -0.1) is 0 Å². The Hall–Kier alpha value is -4.73. The Morgan fingerprint density at radius 1 is 0.882 bits per heavy atom. The number of nitrogens with one attached hydrogen (secondary N) is 1. The third-order valence-corrected chi connectivity index (χ3v) is 4.18. The minimum atomic E-state index is -0.502. The number of carbonyl (C=O) groups is 1. The number of anilines is 2. The molecule has 0 atom stereocenters. The second-order valence-corrected chi connectivity index (χ2v) is 6.51. The van der Waals surface area contributed by atoms with Crippen LogP contribution in [0.15, 0.2) is 24.3 Å². The van der Waals surface area contributed by atoms with E-state index in [0.717, 1.165) is 28.7 Å². The number of carbonyl (C=O) groups excluding carboxylic acids is 5. The van der Waals surface area contributed by atoms with Gasteiger partial charge in [0.1, 0.15) is 11.4 Å². The maximum atomic E-state index is 10.9. The molecule has 2 aromatic carbocycles. The number of hydrogen-bond acceptors (Lipinski definition) is 10. The minimum Gasteiger partial charge on any atom is -0.393 e. The maximum absolute atomic E-state index is 10.9. The van der Waals surface area contributed by atoms with Gasteiger partial charge in [0, 0.05) is 19.1 Å². The van der Waals surface area contributed by atoms with E-state index in [0.29, 0.717) is 0 Å². The highest BCUT2D eigenvalue weighted by Crippen LogP contribution is 2.28. The number of nitro benzene ring substituents is 2. The Bertz CT molecular complexity index is 1090. The Morgan fingerprint density at radius 2 is 1.32 bits per heavy atom. The van der Waals surface area contributed by atoms with E-state index in [1.54, 1.807) is 25.1 Å².